The van der Waals surface area contributed by atoms with E-state index >= 15 is 0 Å². The van der Waals surface area contributed by atoms with Crippen molar-refractivity contribution in [2.24, 2.45) is 0 Å². The lowest BCUT2D eigenvalue weighted by atomic mass is 10.1. The van der Waals surface area contributed by atoms with Gasteiger partial charge in [-0.25, -0.2) is 0 Å². The largest absolute Gasteiger partial charge is 0.488 e. The number of hydrogen-bond acceptors (Lipinski definition) is 5. The molecule has 0 aliphatic carbocycles. The SMILES string of the molecule is Cc1ccccc1C(=O)NN1C(=O)/C(=C\c2ccccc2OCc2ccc(Cl)cc2)SC1=S. The third-order valence-corrected chi connectivity index (χ3v) is 6.46. The quantitative estimate of drug-likeness (QED) is 0.348. The van der Waals surface area contributed by atoms with Crippen molar-refractivity contribution in [2.75, 3.05) is 0 Å². The third-order valence-electron chi connectivity index (χ3n) is 4.91. The number of carbonyl (C=O) groups excluding carboxylic acids is 2. The molecule has 0 bridgehead atoms. The maximum absolute atomic E-state index is 13.0. The molecule has 1 saturated heterocycles. The minimum atomic E-state index is -0.391. The highest BCUT2D eigenvalue weighted by Crippen LogP contribution is 2.33. The first-order valence-corrected chi connectivity index (χ1v) is 11.6. The zero-order valence-electron chi connectivity index (χ0n) is 17.6. The van der Waals surface area contributed by atoms with Gasteiger partial charge >= 0.3 is 0 Å². The minimum absolute atomic E-state index is 0.257. The fourth-order valence-electron chi connectivity index (χ4n) is 3.17. The number of carbonyl (C=O) groups is 2. The maximum atomic E-state index is 13.0. The van der Waals surface area contributed by atoms with Crippen LogP contribution in [0.4, 0.5) is 0 Å². The van der Waals surface area contributed by atoms with Crippen molar-refractivity contribution >= 4 is 57.8 Å². The van der Waals surface area contributed by atoms with Crippen LogP contribution in [0.1, 0.15) is 27.0 Å². The Bertz CT molecular complexity index is 1260. The second-order valence-electron chi connectivity index (χ2n) is 7.23. The van der Waals surface area contributed by atoms with Gasteiger partial charge in [0.2, 0.25) is 0 Å². The first-order chi connectivity index (χ1) is 15.9. The number of nitrogens with one attached hydrogen (secondary N) is 1. The normalized spacial score (nSPS) is 14.6. The van der Waals surface area contributed by atoms with Crippen molar-refractivity contribution in [3.05, 3.63) is 105 Å². The van der Waals surface area contributed by atoms with Crippen molar-refractivity contribution < 1.29 is 14.3 Å². The molecule has 5 nitrogen and oxygen atoms in total. The molecule has 2 amide bonds. The Labute approximate surface area is 206 Å². The first-order valence-electron chi connectivity index (χ1n) is 10.0. The van der Waals surface area contributed by atoms with Gasteiger partial charge in [0, 0.05) is 16.1 Å². The maximum Gasteiger partial charge on any atom is 0.285 e. The Kier molecular flexibility index (Phi) is 7.13. The van der Waals surface area contributed by atoms with Gasteiger partial charge in [-0.3, -0.25) is 15.0 Å². The van der Waals surface area contributed by atoms with E-state index in [-0.39, 0.29) is 10.2 Å². The summed E-state index contributed by atoms with van der Waals surface area (Å²) in [6.45, 7) is 2.19. The molecule has 1 fully saturated rings. The number of hydrazine groups is 1. The van der Waals surface area contributed by atoms with Crippen molar-refractivity contribution in [1.82, 2.24) is 10.4 Å². The van der Waals surface area contributed by atoms with Crippen LogP contribution in [0.15, 0.2) is 77.7 Å². The van der Waals surface area contributed by atoms with Crippen LogP contribution >= 0.6 is 35.6 Å². The van der Waals surface area contributed by atoms with Crippen molar-refractivity contribution in [3.63, 3.8) is 0 Å². The van der Waals surface area contributed by atoms with Crippen LogP contribution in [0.2, 0.25) is 5.02 Å². The molecule has 0 radical (unpaired) electrons. The highest BCUT2D eigenvalue weighted by atomic mass is 35.5. The van der Waals surface area contributed by atoms with E-state index in [1.807, 2.05) is 67.6 Å². The molecule has 3 aromatic carbocycles. The Hall–Kier alpha value is -3.13. The lowest BCUT2D eigenvalue weighted by Gasteiger charge is -2.16. The summed E-state index contributed by atoms with van der Waals surface area (Å²) in [7, 11) is 0. The summed E-state index contributed by atoms with van der Waals surface area (Å²) in [6.07, 6.45) is 1.72. The van der Waals surface area contributed by atoms with E-state index in [1.54, 1.807) is 18.2 Å². The van der Waals surface area contributed by atoms with Gasteiger partial charge in [-0.15, -0.1) is 0 Å². The second-order valence-corrected chi connectivity index (χ2v) is 9.34. The van der Waals surface area contributed by atoms with E-state index in [9.17, 15) is 9.59 Å². The molecule has 3 aromatic rings. The van der Waals surface area contributed by atoms with Crippen molar-refractivity contribution in [2.45, 2.75) is 13.5 Å². The molecule has 4 rings (SSSR count). The van der Waals surface area contributed by atoms with Crippen LogP contribution in [0, 0.1) is 6.92 Å². The van der Waals surface area contributed by atoms with Gasteiger partial charge in [0.25, 0.3) is 11.8 Å². The van der Waals surface area contributed by atoms with Crippen molar-refractivity contribution in [3.8, 4) is 5.75 Å². The molecule has 1 aliphatic heterocycles. The molecule has 0 unspecified atom stereocenters. The molecule has 1 aliphatic rings. The summed E-state index contributed by atoms with van der Waals surface area (Å²) >= 11 is 12.4. The molecular formula is C25H19ClN2O3S2. The number of benzene rings is 3. The molecule has 166 valence electrons. The highest BCUT2D eigenvalue weighted by Gasteiger charge is 2.34. The first kappa shape index (κ1) is 23.0. The summed E-state index contributed by atoms with van der Waals surface area (Å²) in [5.74, 6) is -0.154. The summed E-state index contributed by atoms with van der Waals surface area (Å²) in [5, 5.41) is 1.77. The van der Waals surface area contributed by atoms with Crippen LogP contribution in [0.5, 0.6) is 5.75 Å². The van der Waals surface area contributed by atoms with E-state index in [4.69, 9.17) is 28.6 Å². The van der Waals surface area contributed by atoms with Crippen LogP contribution in [-0.4, -0.2) is 21.1 Å². The van der Waals surface area contributed by atoms with E-state index < -0.39 is 5.91 Å². The van der Waals surface area contributed by atoms with E-state index in [1.165, 1.54) is 0 Å². The van der Waals surface area contributed by atoms with Gasteiger partial charge in [0.15, 0.2) is 4.32 Å². The van der Waals surface area contributed by atoms with Crippen LogP contribution in [-0.2, 0) is 11.4 Å². The molecule has 1 heterocycles. The lowest BCUT2D eigenvalue weighted by molar-refractivity contribution is -0.123. The fraction of sp³-hybridized carbons (Fsp3) is 0.0800. The standard InChI is InChI=1S/C25H19ClN2O3S2/c1-16-6-2-4-8-20(16)23(29)27-28-24(30)22(33-25(28)32)14-18-7-3-5-9-21(18)31-15-17-10-12-19(26)13-11-17/h2-14H,15H2,1H3,(H,27,29)/b22-14+. The van der Waals surface area contributed by atoms with E-state index in [0.717, 1.165) is 33.5 Å². The number of aryl methyl sites for hydroxylation is 1. The Morgan fingerprint density at radius 3 is 2.55 bits per heavy atom. The predicted octanol–water partition coefficient (Wildman–Crippen LogP) is 5.77. The summed E-state index contributed by atoms with van der Waals surface area (Å²) in [5.41, 5.74) is 5.61. The number of nitrogens with zero attached hydrogens (tertiary/aromatic N) is 1. The number of thioether (sulfide) groups is 1. The van der Waals surface area contributed by atoms with Gasteiger partial charge in [-0.1, -0.05) is 71.9 Å². The molecule has 0 spiro atoms. The predicted molar refractivity (Wildman–Crippen MR) is 136 cm³/mol. The fourth-order valence-corrected chi connectivity index (χ4v) is 4.46. The Morgan fingerprint density at radius 2 is 1.79 bits per heavy atom. The van der Waals surface area contributed by atoms with Gasteiger partial charge in [0.1, 0.15) is 12.4 Å². The van der Waals surface area contributed by atoms with Crippen LogP contribution in [0.25, 0.3) is 6.08 Å². The number of halogens is 1. The van der Waals surface area contributed by atoms with Gasteiger partial charge in [0.05, 0.1) is 4.91 Å². The van der Waals surface area contributed by atoms with Gasteiger partial charge in [-0.2, -0.15) is 5.01 Å². The third kappa shape index (κ3) is 5.45. The minimum Gasteiger partial charge on any atom is -0.488 e. The monoisotopic (exact) mass is 494 g/mol. The van der Waals surface area contributed by atoms with Crippen LogP contribution < -0.4 is 10.2 Å². The number of amides is 2. The summed E-state index contributed by atoms with van der Waals surface area (Å²) in [6, 6.07) is 22.0. The lowest BCUT2D eigenvalue weighted by Crippen LogP contribution is -2.45. The van der Waals surface area contributed by atoms with E-state index in [0.29, 0.717) is 27.8 Å². The zero-order valence-corrected chi connectivity index (χ0v) is 20.0. The Morgan fingerprint density at radius 1 is 1.09 bits per heavy atom. The van der Waals surface area contributed by atoms with Crippen LogP contribution in [0.3, 0.4) is 0 Å². The zero-order chi connectivity index (χ0) is 23.4. The van der Waals surface area contributed by atoms with Gasteiger partial charge < -0.3 is 4.74 Å². The number of thiocarbonyl (C=S) groups is 1. The van der Waals surface area contributed by atoms with Crippen molar-refractivity contribution in [1.29, 1.82) is 0 Å². The topological polar surface area (TPSA) is 58.6 Å². The van der Waals surface area contributed by atoms with E-state index in [2.05, 4.69) is 5.43 Å². The molecule has 0 atom stereocenters. The smallest absolute Gasteiger partial charge is 0.285 e. The molecule has 1 N–H and O–H groups in total. The number of hydrogen-bond donors (Lipinski definition) is 1. The average Bonchev–Trinajstić information content (AvgIpc) is 3.07. The summed E-state index contributed by atoms with van der Waals surface area (Å²) in [4.78, 5) is 26.0. The second kappa shape index (κ2) is 10.2. The number of rotatable bonds is 6. The summed E-state index contributed by atoms with van der Waals surface area (Å²) < 4.78 is 6.23. The highest BCUT2D eigenvalue weighted by molar-refractivity contribution is 8.26. The molecule has 8 heteroatoms. The van der Waals surface area contributed by atoms with Gasteiger partial charge in [-0.05, 0) is 60.6 Å². The molecule has 0 saturated carbocycles. The molecule has 33 heavy (non-hydrogen) atoms. The number of para-hydroxylation sites is 1. The number of ether oxygens (including phenoxy) is 1. The average molecular weight is 495 g/mol. The molecular weight excluding hydrogens is 476 g/mol. The Balaban J connectivity index is 1.50. The molecule has 0 aromatic heterocycles.